The summed E-state index contributed by atoms with van der Waals surface area (Å²) in [5.41, 5.74) is 1.58. The summed E-state index contributed by atoms with van der Waals surface area (Å²) in [6, 6.07) is 15.0. The highest BCUT2D eigenvalue weighted by molar-refractivity contribution is 6.06. The highest BCUT2D eigenvalue weighted by Gasteiger charge is 2.25. The van der Waals surface area contributed by atoms with Crippen LogP contribution in [-0.2, 0) is 0 Å². The molecule has 1 heterocycles. The Hall–Kier alpha value is -2.55. The Morgan fingerprint density at radius 2 is 1.70 bits per heavy atom. The van der Waals surface area contributed by atoms with E-state index in [9.17, 15) is 4.79 Å². The molecule has 3 nitrogen and oxygen atoms in total. The van der Waals surface area contributed by atoms with E-state index in [1.165, 1.54) is 0 Å². The van der Waals surface area contributed by atoms with Crippen molar-refractivity contribution in [1.29, 1.82) is 0 Å². The largest absolute Gasteiger partial charge is 0.489 e. The van der Waals surface area contributed by atoms with Gasteiger partial charge < -0.3 is 9.47 Å². The minimum absolute atomic E-state index is 0.0150. The first-order valence-corrected chi connectivity index (χ1v) is 7.71. The Morgan fingerprint density at radius 3 is 2.43 bits per heavy atom. The van der Waals surface area contributed by atoms with Gasteiger partial charge in [-0.3, -0.25) is 4.79 Å². The summed E-state index contributed by atoms with van der Waals surface area (Å²) in [4.78, 5) is 12.1. The Kier molecular flexibility index (Phi) is 4.20. The second kappa shape index (κ2) is 6.29. The van der Waals surface area contributed by atoms with Crippen molar-refractivity contribution >= 4 is 11.9 Å². The molecule has 1 aliphatic heterocycles. The van der Waals surface area contributed by atoms with Gasteiger partial charge in [0, 0.05) is 11.0 Å². The topological polar surface area (TPSA) is 35.5 Å². The molecule has 1 aliphatic rings. The van der Waals surface area contributed by atoms with E-state index in [4.69, 9.17) is 9.47 Å². The molecule has 0 atom stereocenters. The number of rotatable bonds is 3. The number of benzene rings is 2. The first kappa shape index (κ1) is 15.3. The third-order valence-electron chi connectivity index (χ3n) is 3.69. The van der Waals surface area contributed by atoms with E-state index in [-0.39, 0.29) is 11.2 Å². The normalized spacial score (nSPS) is 16.1. The predicted molar refractivity (Wildman–Crippen MR) is 91.0 cm³/mol. The molecule has 0 unspecified atom stereocenters. The van der Waals surface area contributed by atoms with E-state index in [2.05, 4.69) is 13.8 Å². The maximum atomic E-state index is 12.1. The molecule has 2 aromatic carbocycles. The molecule has 3 rings (SSSR count). The van der Waals surface area contributed by atoms with Crippen LogP contribution in [0.1, 0.15) is 29.8 Å². The molecule has 0 saturated carbocycles. The lowest BCUT2D eigenvalue weighted by atomic mass is 9.97. The molecule has 0 fully saturated rings. The van der Waals surface area contributed by atoms with Crippen LogP contribution in [0.3, 0.4) is 0 Å². The number of carbonyl (C=O) groups excluding carboxylic acids is 1. The first-order valence-electron chi connectivity index (χ1n) is 7.71. The molecule has 2 aromatic rings. The van der Waals surface area contributed by atoms with Crippen molar-refractivity contribution in [2.75, 3.05) is 13.2 Å². The molecule has 0 aromatic heterocycles. The van der Waals surface area contributed by atoms with Crippen LogP contribution in [0.15, 0.2) is 54.6 Å². The van der Waals surface area contributed by atoms with Crippen LogP contribution in [0.25, 0.3) is 6.08 Å². The zero-order chi connectivity index (χ0) is 16.3. The van der Waals surface area contributed by atoms with Gasteiger partial charge in [0.2, 0.25) is 0 Å². The molecule has 23 heavy (non-hydrogen) atoms. The van der Waals surface area contributed by atoms with Crippen LogP contribution in [-0.4, -0.2) is 19.0 Å². The average Bonchev–Trinajstić information content (AvgIpc) is 2.72. The van der Waals surface area contributed by atoms with Crippen LogP contribution < -0.4 is 9.47 Å². The smallest absolute Gasteiger partial charge is 0.185 e. The lowest BCUT2D eigenvalue weighted by Crippen LogP contribution is -2.26. The van der Waals surface area contributed by atoms with Crippen LogP contribution in [0.4, 0.5) is 0 Å². The molecule has 3 heteroatoms. The van der Waals surface area contributed by atoms with Crippen LogP contribution in [0.2, 0.25) is 0 Å². The quantitative estimate of drug-likeness (QED) is 0.623. The van der Waals surface area contributed by atoms with E-state index in [1.54, 1.807) is 12.2 Å². The molecular formula is C20H20O3. The highest BCUT2D eigenvalue weighted by Crippen LogP contribution is 2.34. The fourth-order valence-corrected chi connectivity index (χ4v) is 2.32. The van der Waals surface area contributed by atoms with Crippen molar-refractivity contribution in [3.05, 3.63) is 65.7 Å². The molecule has 0 radical (unpaired) electrons. The van der Waals surface area contributed by atoms with Gasteiger partial charge in [-0.2, -0.15) is 0 Å². The molecule has 0 amide bonds. The van der Waals surface area contributed by atoms with Crippen molar-refractivity contribution in [3.63, 3.8) is 0 Å². The van der Waals surface area contributed by atoms with Gasteiger partial charge in [0.1, 0.15) is 0 Å². The second-order valence-corrected chi connectivity index (χ2v) is 6.51. The lowest BCUT2D eigenvalue weighted by Gasteiger charge is -2.19. The zero-order valence-corrected chi connectivity index (χ0v) is 13.4. The van der Waals surface area contributed by atoms with Crippen LogP contribution in [0, 0.1) is 5.41 Å². The summed E-state index contributed by atoms with van der Waals surface area (Å²) < 4.78 is 11.6. The van der Waals surface area contributed by atoms with Gasteiger partial charge in [0.15, 0.2) is 17.3 Å². The Balaban J connectivity index is 1.77. The molecule has 0 aliphatic carbocycles. The monoisotopic (exact) mass is 308 g/mol. The van der Waals surface area contributed by atoms with Crippen molar-refractivity contribution in [2.24, 2.45) is 5.41 Å². The van der Waals surface area contributed by atoms with E-state index < -0.39 is 0 Å². The van der Waals surface area contributed by atoms with Crippen molar-refractivity contribution in [1.82, 2.24) is 0 Å². The van der Waals surface area contributed by atoms with Gasteiger partial charge in [0.25, 0.3) is 0 Å². The van der Waals surface area contributed by atoms with Crippen LogP contribution >= 0.6 is 0 Å². The number of hydrogen-bond donors (Lipinski definition) is 0. The molecule has 0 N–H and O–H groups in total. The van der Waals surface area contributed by atoms with Gasteiger partial charge in [-0.05, 0) is 23.8 Å². The average molecular weight is 308 g/mol. The zero-order valence-electron chi connectivity index (χ0n) is 13.4. The first-order chi connectivity index (χ1) is 11.0. The number of fused-ring (bicyclic) bond motifs is 1. The minimum atomic E-state index is -0.0156. The highest BCUT2D eigenvalue weighted by atomic mass is 16.5. The van der Waals surface area contributed by atoms with Crippen molar-refractivity contribution < 1.29 is 14.3 Å². The summed E-state index contributed by atoms with van der Waals surface area (Å²) in [5, 5.41) is 0. The van der Waals surface area contributed by atoms with E-state index >= 15 is 0 Å². The fourth-order valence-electron chi connectivity index (χ4n) is 2.32. The number of allylic oxidation sites excluding steroid dienone is 1. The second-order valence-electron chi connectivity index (χ2n) is 6.51. The molecular weight excluding hydrogens is 288 g/mol. The number of hydrogen-bond acceptors (Lipinski definition) is 3. The summed E-state index contributed by atoms with van der Waals surface area (Å²) in [6.07, 6.45) is 3.38. The van der Waals surface area contributed by atoms with Gasteiger partial charge in [-0.25, -0.2) is 0 Å². The van der Waals surface area contributed by atoms with E-state index in [0.29, 0.717) is 18.8 Å². The molecule has 0 saturated heterocycles. The predicted octanol–water partition coefficient (Wildman–Crippen LogP) is 4.38. The van der Waals surface area contributed by atoms with Gasteiger partial charge in [-0.15, -0.1) is 0 Å². The summed E-state index contributed by atoms with van der Waals surface area (Å²) >= 11 is 0. The Labute approximate surface area is 136 Å². The summed E-state index contributed by atoms with van der Waals surface area (Å²) in [6.45, 7) is 5.45. The van der Waals surface area contributed by atoms with Gasteiger partial charge in [0.05, 0.1) is 13.2 Å². The maximum Gasteiger partial charge on any atom is 0.185 e. The standard InChI is InChI=1S/C20H20O3/c1-20(2)13-22-18-11-9-15(12-19(18)23-14-20)8-10-17(21)16-6-4-3-5-7-16/h3-12H,13-14H2,1-2H3/b10-8+. The van der Waals surface area contributed by atoms with Crippen molar-refractivity contribution in [3.8, 4) is 11.5 Å². The fraction of sp³-hybridized carbons (Fsp3) is 0.250. The third kappa shape index (κ3) is 3.81. The van der Waals surface area contributed by atoms with Gasteiger partial charge in [-0.1, -0.05) is 56.3 Å². The summed E-state index contributed by atoms with van der Waals surface area (Å²) in [7, 11) is 0. The number of carbonyl (C=O) groups is 1. The third-order valence-corrected chi connectivity index (χ3v) is 3.69. The summed E-state index contributed by atoms with van der Waals surface area (Å²) in [5.74, 6) is 1.46. The lowest BCUT2D eigenvalue weighted by molar-refractivity contribution is 0.104. The minimum Gasteiger partial charge on any atom is -0.489 e. The van der Waals surface area contributed by atoms with E-state index in [1.807, 2.05) is 48.5 Å². The number of ketones is 1. The Morgan fingerprint density at radius 1 is 1.00 bits per heavy atom. The number of ether oxygens (including phenoxy) is 2. The Bertz CT molecular complexity index is 730. The van der Waals surface area contributed by atoms with E-state index in [0.717, 1.165) is 17.1 Å². The van der Waals surface area contributed by atoms with Gasteiger partial charge >= 0.3 is 0 Å². The van der Waals surface area contributed by atoms with Crippen LogP contribution in [0.5, 0.6) is 11.5 Å². The molecule has 0 spiro atoms. The SMILES string of the molecule is CC1(C)COc2ccc(/C=C/C(=O)c3ccccc3)cc2OC1. The van der Waals surface area contributed by atoms with Crippen molar-refractivity contribution in [2.45, 2.75) is 13.8 Å². The molecule has 0 bridgehead atoms. The maximum absolute atomic E-state index is 12.1. The molecule has 118 valence electrons.